The first-order valence-electron chi connectivity index (χ1n) is 7.57. The number of likely N-dealkylation sites (tertiary alicyclic amines) is 1. The van der Waals surface area contributed by atoms with Crippen LogP contribution < -0.4 is 5.73 Å². The van der Waals surface area contributed by atoms with E-state index in [4.69, 9.17) is 5.73 Å². The molecule has 2 rings (SSSR count). The van der Waals surface area contributed by atoms with E-state index in [1.165, 1.54) is 0 Å². The highest BCUT2D eigenvalue weighted by atomic mass is 16.6. The number of rotatable bonds is 2. The standard InChI is InChI=1S/C16H25N3O2/c1-16(2,3)18-11-5-4-6-14(17)15(18)12-7-9-13(10-8-12)19(20)21/h7-10,14-15H,4-6,11,17H2,1-3H3. The Morgan fingerprint density at radius 1 is 1.24 bits per heavy atom. The molecule has 0 aliphatic carbocycles. The molecule has 2 unspecified atom stereocenters. The molecule has 1 aliphatic rings. The Balaban J connectivity index is 2.36. The molecule has 116 valence electrons. The first-order chi connectivity index (χ1) is 9.80. The Hall–Kier alpha value is -1.46. The van der Waals surface area contributed by atoms with Crippen LogP contribution in [0.2, 0.25) is 0 Å². The highest BCUT2D eigenvalue weighted by molar-refractivity contribution is 5.35. The van der Waals surface area contributed by atoms with Crippen LogP contribution in [0.5, 0.6) is 0 Å². The number of nitrogens with zero attached hydrogens (tertiary/aromatic N) is 2. The Morgan fingerprint density at radius 3 is 2.38 bits per heavy atom. The second-order valence-electron chi connectivity index (χ2n) is 6.82. The summed E-state index contributed by atoms with van der Waals surface area (Å²) in [5.74, 6) is 0. The van der Waals surface area contributed by atoms with Crippen LogP contribution in [0.25, 0.3) is 0 Å². The van der Waals surface area contributed by atoms with Gasteiger partial charge < -0.3 is 5.73 Å². The summed E-state index contributed by atoms with van der Waals surface area (Å²) in [7, 11) is 0. The van der Waals surface area contributed by atoms with E-state index < -0.39 is 0 Å². The van der Waals surface area contributed by atoms with Crippen molar-refractivity contribution in [3.63, 3.8) is 0 Å². The Morgan fingerprint density at radius 2 is 1.86 bits per heavy atom. The van der Waals surface area contributed by atoms with Crippen molar-refractivity contribution in [1.29, 1.82) is 0 Å². The lowest BCUT2D eigenvalue weighted by molar-refractivity contribution is -0.384. The number of nitro groups is 1. The van der Waals surface area contributed by atoms with Gasteiger partial charge in [0.25, 0.3) is 5.69 Å². The topological polar surface area (TPSA) is 72.4 Å². The first-order valence-corrected chi connectivity index (χ1v) is 7.57. The van der Waals surface area contributed by atoms with E-state index in [0.29, 0.717) is 0 Å². The molecule has 5 nitrogen and oxygen atoms in total. The fourth-order valence-electron chi connectivity index (χ4n) is 3.16. The van der Waals surface area contributed by atoms with Crippen molar-refractivity contribution >= 4 is 5.69 Å². The van der Waals surface area contributed by atoms with Crippen molar-refractivity contribution in [2.75, 3.05) is 6.54 Å². The monoisotopic (exact) mass is 291 g/mol. The third kappa shape index (κ3) is 3.60. The van der Waals surface area contributed by atoms with Gasteiger partial charge in [-0.3, -0.25) is 15.0 Å². The molecular weight excluding hydrogens is 266 g/mol. The van der Waals surface area contributed by atoms with Gasteiger partial charge in [-0.1, -0.05) is 18.6 Å². The minimum atomic E-state index is -0.363. The van der Waals surface area contributed by atoms with Crippen LogP contribution in [-0.2, 0) is 0 Å². The zero-order valence-electron chi connectivity index (χ0n) is 13.1. The number of benzene rings is 1. The van der Waals surface area contributed by atoms with Gasteiger partial charge in [0.05, 0.1) is 11.0 Å². The van der Waals surface area contributed by atoms with Crippen LogP contribution in [0, 0.1) is 10.1 Å². The lowest BCUT2D eigenvalue weighted by Gasteiger charge is -2.43. The molecular formula is C16H25N3O2. The van der Waals surface area contributed by atoms with Crippen molar-refractivity contribution in [3.8, 4) is 0 Å². The molecule has 0 saturated carbocycles. The van der Waals surface area contributed by atoms with Crippen molar-refractivity contribution in [2.24, 2.45) is 5.73 Å². The van der Waals surface area contributed by atoms with Gasteiger partial charge in [-0.25, -0.2) is 0 Å². The van der Waals surface area contributed by atoms with Gasteiger partial charge in [0.15, 0.2) is 0 Å². The molecule has 21 heavy (non-hydrogen) atoms. The molecule has 0 amide bonds. The maximum Gasteiger partial charge on any atom is 0.269 e. The predicted octanol–water partition coefficient (Wildman–Crippen LogP) is 3.25. The molecule has 1 saturated heterocycles. The van der Waals surface area contributed by atoms with Gasteiger partial charge >= 0.3 is 0 Å². The van der Waals surface area contributed by atoms with Crippen LogP contribution in [0.15, 0.2) is 24.3 Å². The maximum absolute atomic E-state index is 10.8. The van der Waals surface area contributed by atoms with E-state index in [0.717, 1.165) is 31.4 Å². The fourth-order valence-corrected chi connectivity index (χ4v) is 3.16. The average Bonchev–Trinajstić information content (AvgIpc) is 2.60. The Kier molecular flexibility index (Phi) is 4.64. The quantitative estimate of drug-likeness (QED) is 0.670. The van der Waals surface area contributed by atoms with E-state index in [1.54, 1.807) is 12.1 Å². The van der Waals surface area contributed by atoms with Crippen molar-refractivity contribution in [3.05, 3.63) is 39.9 Å². The third-order valence-corrected chi connectivity index (χ3v) is 4.23. The summed E-state index contributed by atoms with van der Waals surface area (Å²) in [5, 5.41) is 10.8. The van der Waals surface area contributed by atoms with E-state index in [1.807, 2.05) is 12.1 Å². The smallest absolute Gasteiger partial charge is 0.269 e. The SMILES string of the molecule is CC(C)(C)N1CCCCC(N)C1c1ccc([N+](=O)[O-])cc1. The van der Waals surface area contributed by atoms with Crippen molar-refractivity contribution in [2.45, 2.75) is 57.7 Å². The van der Waals surface area contributed by atoms with Crippen LogP contribution in [0.3, 0.4) is 0 Å². The molecule has 5 heteroatoms. The lowest BCUT2D eigenvalue weighted by Crippen LogP contribution is -2.49. The summed E-state index contributed by atoms with van der Waals surface area (Å²) in [6.45, 7) is 7.61. The molecule has 1 heterocycles. The molecule has 1 aliphatic heterocycles. The lowest BCUT2D eigenvalue weighted by atomic mass is 9.92. The molecule has 2 atom stereocenters. The molecule has 1 aromatic rings. The third-order valence-electron chi connectivity index (χ3n) is 4.23. The summed E-state index contributed by atoms with van der Waals surface area (Å²) in [5.41, 5.74) is 7.64. The first kappa shape index (κ1) is 15.9. The number of nitro benzene ring substituents is 1. The normalized spacial score (nSPS) is 24.6. The van der Waals surface area contributed by atoms with Crippen LogP contribution in [0.4, 0.5) is 5.69 Å². The van der Waals surface area contributed by atoms with Crippen molar-refractivity contribution < 1.29 is 4.92 Å². The summed E-state index contributed by atoms with van der Waals surface area (Å²) in [6.07, 6.45) is 3.28. The van der Waals surface area contributed by atoms with Gasteiger partial charge in [0.1, 0.15) is 0 Å². The molecule has 0 spiro atoms. The van der Waals surface area contributed by atoms with E-state index >= 15 is 0 Å². The number of non-ortho nitro benzene ring substituents is 1. The minimum absolute atomic E-state index is 0.0222. The highest BCUT2D eigenvalue weighted by Gasteiger charge is 2.35. The van der Waals surface area contributed by atoms with Crippen LogP contribution >= 0.6 is 0 Å². The summed E-state index contributed by atoms with van der Waals surface area (Å²) in [6, 6.07) is 7.04. The average molecular weight is 291 g/mol. The minimum Gasteiger partial charge on any atom is -0.326 e. The second kappa shape index (κ2) is 6.12. The molecule has 1 fully saturated rings. The van der Waals surface area contributed by atoms with Crippen LogP contribution in [0.1, 0.15) is 51.6 Å². The molecule has 2 N–H and O–H groups in total. The molecule has 1 aromatic carbocycles. The summed E-state index contributed by atoms with van der Waals surface area (Å²) in [4.78, 5) is 12.9. The van der Waals surface area contributed by atoms with Gasteiger partial charge in [-0.05, 0) is 45.7 Å². The predicted molar refractivity (Wildman–Crippen MR) is 84.1 cm³/mol. The summed E-state index contributed by atoms with van der Waals surface area (Å²) >= 11 is 0. The van der Waals surface area contributed by atoms with E-state index in [2.05, 4.69) is 25.7 Å². The molecule has 0 bridgehead atoms. The molecule has 0 aromatic heterocycles. The zero-order chi connectivity index (χ0) is 15.6. The fraction of sp³-hybridized carbons (Fsp3) is 0.625. The molecule has 0 radical (unpaired) electrons. The van der Waals surface area contributed by atoms with Gasteiger partial charge in [0.2, 0.25) is 0 Å². The van der Waals surface area contributed by atoms with E-state index in [9.17, 15) is 10.1 Å². The van der Waals surface area contributed by atoms with Gasteiger partial charge in [-0.15, -0.1) is 0 Å². The largest absolute Gasteiger partial charge is 0.326 e. The highest BCUT2D eigenvalue weighted by Crippen LogP contribution is 2.35. The number of hydrogen-bond donors (Lipinski definition) is 1. The van der Waals surface area contributed by atoms with E-state index in [-0.39, 0.29) is 28.2 Å². The van der Waals surface area contributed by atoms with Gasteiger partial charge in [-0.2, -0.15) is 0 Å². The Bertz CT molecular complexity index is 493. The summed E-state index contributed by atoms with van der Waals surface area (Å²) < 4.78 is 0. The van der Waals surface area contributed by atoms with Crippen molar-refractivity contribution in [1.82, 2.24) is 4.90 Å². The van der Waals surface area contributed by atoms with Crippen LogP contribution in [-0.4, -0.2) is 27.9 Å². The zero-order valence-corrected chi connectivity index (χ0v) is 13.1. The number of nitrogens with two attached hydrogens (primary N) is 1. The van der Waals surface area contributed by atoms with Gasteiger partial charge in [0, 0.05) is 23.7 Å². The number of hydrogen-bond acceptors (Lipinski definition) is 4. The Labute approximate surface area is 126 Å². The second-order valence-corrected chi connectivity index (χ2v) is 6.82. The maximum atomic E-state index is 10.8.